The maximum Gasteiger partial charge on any atom is 0.00956 e. The standard InChI is InChI=1S/C12H25BrS/c1-4-7-8-9-14-11-12(5-2,6-3)10-13/h4-11H2,1-3H3. The Morgan fingerprint density at radius 3 is 2.14 bits per heavy atom. The molecule has 0 aromatic heterocycles. The van der Waals surface area contributed by atoms with Crippen LogP contribution in [-0.2, 0) is 0 Å². The van der Waals surface area contributed by atoms with Crippen LogP contribution in [0.25, 0.3) is 0 Å². The molecule has 14 heavy (non-hydrogen) atoms. The van der Waals surface area contributed by atoms with Crippen molar-refractivity contribution in [1.29, 1.82) is 0 Å². The number of hydrogen-bond acceptors (Lipinski definition) is 1. The van der Waals surface area contributed by atoms with E-state index in [1.807, 2.05) is 0 Å². The third kappa shape index (κ3) is 5.65. The lowest BCUT2D eigenvalue weighted by Gasteiger charge is -2.29. The third-order valence-electron chi connectivity index (χ3n) is 3.08. The molecule has 0 saturated carbocycles. The van der Waals surface area contributed by atoms with Crippen LogP contribution in [0.15, 0.2) is 0 Å². The molecule has 0 N–H and O–H groups in total. The van der Waals surface area contributed by atoms with Crippen LogP contribution < -0.4 is 0 Å². The molecule has 0 aliphatic rings. The second-order valence-corrected chi connectivity index (χ2v) is 5.77. The summed E-state index contributed by atoms with van der Waals surface area (Å²) in [4.78, 5) is 0. The van der Waals surface area contributed by atoms with Crippen LogP contribution in [-0.4, -0.2) is 16.8 Å². The average Bonchev–Trinajstić information content (AvgIpc) is 2.24. The second-order valence-electron chi connectivity index (χ2n) is 4.10. The molecule has 0 amide bonds. The highest BCUT2D eigenvalue weighted by Gasteiger charge is 2.24. The number of halogens is 1. The molecule has 0 aromatic rings. The minimum atomic E-state index is 0.552. The maximum absolute atomic E-state index is 3.66. The molecule has 0 unspecified atom stereocenters. The lowest BCUT2D eigenvalue weighted by molar-refractivity contribution is 0.359. The number of thioether (sulfide) groups is 1. The molecule has 0 saturated heterocycles. The smallest absolute Gasteiger partial charge is 0.00956 e. The van der Waals surface area contributed by atoms with Crippen LogP contribution in [0, 0.1) is 5.41 Å². The Morgan fingerprint density at radius 1 is 1.07 bits per heavy atom. The number of unbranched alkanes of at least 4 members (excludes halogenated alkanes) is 2. The van der Waals surface area contributed by atoms with Gasteiger partial charge in [-0.2, -0.15) is 11.8 Å². The predicted octanol–water partition coefficient (Wildman–Crippen LogP) is 5.11. The van der Waals surface area contributed by atoms with Crippen LogP contribution in [0.4, 0.5) is 0 Å². The van der Waals surface area contributed by atoms with Crippen molar-refractivity contribution in [2.75, 3.05) is 16.8 Å². The predicted molar refractivity (Wildman–Crippen MR) is 73.7 cm³/mol. The molecule has 0 bridgehead atoms. The fourth-order valence-corrected chi connectivity index (χ4v) is 4.17. The summed E-state index contributed by atoms with van der Waals surface area (Å²) in [5.41, 5.74) is 0.552. The first kappa shape index (κ1) is 14.8. The Bertz CT molecular complexity index is 113. The van der Waals surface area contributed by atoms with E-state index in [1.54, 1.807) is 0 Å². The molecule has 0 aliphatic carbocycles. The first-order valence-corrected chi connectivity index (χ1v) is 8.16. The van der Waals surface area contributed by atoms with Crippen molar-refractivity contribution in [1.82, 2.24) is 0 Å². The van der Waals surface area contributed by atoms with Crippen molar-refractivity contribution < 1.29 is 0 Å². The Kier molecular flexibility index (Phi) is 9.62. The van der Waals surface area contributed by atoms with Gasteiger partial charge in [0.25, 0.3) is 0 Å². The largest absolute Gasteiger partial charge is 0.161 e. The van der Waals surface area contributed by atoms with Gasteiger partial charge < -0.3 is 0 Å². The Hall–Kier alpha value is 0.830. The van der Waals surface area contributed by atoms with E-state index in [0.29, 0.717) is 5.41 Å². The van der Waals surface area contributed by atoms with Crippen molar-refractivity contribution >= 4 is 27.7 Å². The lowest BCUT2D eigenvalue weighted by Crippen LogP contribution is -2.24. The molecule has 0 heterocycles. The van der Waals surface area contributed by atoms with Crippen LogP contribution in [0.1, 0.15) is 52.9 Å². The van der Waals surface area contributed by atoms with Crippen LogP contribution in [0.5, 0.6) is 0 Å². The maximum atomic E-state index is 3.66. The number of rotatable bonds is 9. The van der Waals surface area contributed by atoms with Gasteiger partial charge in [0.2, 0.25) is 0 Å². The first-order chi connectivity index (χ1) is 6.74. The summed E-state index contributed by atoms with van der Waals surface area (Å²) in [5, 5.41) is 1.16. The van der Waals surface area contributed by atoms with E-state index in [1.165, 1.54) is 43.6 Å². The van der Waals surface area contributed by atoms with E-state index in [4.69, 9.17) is 0 Å². The van der Waals surface area contributed by atoms with Crippen LogP contribution >= 0.6 is 27.7 Å². The highest BCUT2D eigenvalue weighted by Crippen LogP contribution is 2.32. The molecule has 2 heteroatoms. The van der Waals surface area contributed by atoms with Crippen LogP contribution in [0.2, 0.25) is 0 Å². The molecule has 0 aliphatic heterocycles. The van der Waals surface area contributed by atoms with Crippen molar-refractivity contribution in [3.63, 3.8) is 0 Å². The van der Waals surface area contributed by atoms with Gasteiger partial charge in [-0.05, 0) is 36.2 Å². The zero-order chi connectivity index (χ0) is 10.9. The third-order valence-corrected chi connectivity index (χ3v) is 5.67. The van der Waals surface area contributed by atoms with E-state index in [9.17, 15) is 0 Å². The molecule has 0 rings (SSSR count). The highest BCUT2D eigenvalue weighted by molar-refractivity contribution is 9.09. The summed E-state index contributed by atoms with van der Waals surface area (Å²) >= 11 is 5.81. The summed E-state index contributed by atoms with van der Waals surface area (Å²) in [6.07, 6.45) is 6.73. The van der Waals surface area contributed by atoms with Gasteiger partial charge in [-0.15, -0.1) is 0 Å². The molecule has 0 fully saturated rings. The summed E-state index contributed by atoms with van der Waals surface area (Å²) in [6.45, 7) is 6.90. The zero-order valence-electron chi connectivity index (χ0n) is 9.94. The summed E-state index contributed by atoms with van der Waals surface area (Å²) in [6, 6.07) is 0. The van der Waals surface area contributed by atoms with Gasteiger partial charge in [-0.3, -0.25) is 0 Å². The van der Waals surface area contributed by atoms with Gasteiger partial charge in [-0.25, -0.2) is 0 Å². The topological polar surface area (TPSA) is 0 Å². The van der Waals surface area contributed by atoms with Gasteiger partial charge in [-0.1, -0.05) is 49.5 Å². The van der Waals surface area contributed by atoms with Crippen molar-refractivity contribution in [2.24, 2.45) is 5.41 Å². The molecule has 0 nitrogen and oxygen atoms in total. The van der Waals surface area contributed by atoms with Crippen molar-refractivity contribution in [3.8, 4) is 0 Å². The molecule has 86 valence electrons. The Morgan fingerprint density at radius 2 is 1.71 bits per heavy atom. The van der Waals surface area contributed by atoms with Crippen LogP contribution in [0.3, 0.4) is 0 Å². The molecule has 0 atom stereocenters. The minimum Gasteiger partial charge on any atom is -0.161 e. The van der Waals surface area contributed by atoms with Gasteiger partial charge >= 0.3 is 0 Å². The lowest BCUT2D eigenvalue weighted by atomic mass is 9.87. The number of alkyl halides is 1. The van der Waals surface area contributed by atoms with E-state index in [2.05, 4.69) is 48.5 Å². The molecular formula is C12H25BrS. The zero-order valence-corrected chi connectivity index (χ0v) is 12.3. The van der Waals surface area contributed by atoms with Crippen molar-refractivity contribution in [2.45, 2.75) is 52.9 Å². The van der Waals surface area contributed by atoms with Crippen molar-refractivity contribution in [3.05, 3.63) is 0 Å². The monoisotopic (exact) mass is 280 g/mol. The average molecular weight is 281 g/mol. The van der Waals surface area contributed by atoms with E-state index < -0.39 is 0 Å². The first-order valence-electron chi connectivity index (χ1n) is 5.88. The molecule has 0 aromatic carbocycles. The SMILES string of the molecule is CCCCCSCC(CC)(CC)CBr. The molecule has 0 radical (unpaired) electrons. The van der Waals surface area contributed by atoms with Gasteiger partial charge in [0.05, 0.1) is 0 Å². The van der Waals surface area contributed by atoms with E-state index in [0.717, 1.165) is 5.33 Å². The Labute approximate surface area is 103 Å². The fourth-order valence-electron chi connectivity index (χ4n) is 1.42. The number of hydrogen-bond donors (Lipinski definition) is 0. The molecular weight excluding hydrogens is 256 g/mol. The normalized spacial score (nSPS) is 12.0. The fraction of sp³-hybridized carbons (Fsp3) is 1.00. The van der Waals surface area contributed by atoms with Gasteiger partial charge in [0, 0.05) is 5.33 Å². The minimum absolute atomic E-state index is 0.552. The van der Waals surface area contributed by atoms with E-state index in [-0.39, 0.29) is 0 Å². The highest BCUT2D eigenvalue weighted by atomic mass is 79.9. The quantitative estimate of drug-likeness (QED) is 0.418. The van der Waals surface area contributed by atoms with Gasteiger partial charge in [0.15, 0.2) is 0 Å². The summed E-state index contributed by atoms with van der Waals surface area (Å²) < 4.78 is 0. The Balaban J connectivity index is 3.61. The van der Waals surface area contributed by atoms with Gasteiger partial charge in [0.1, 0.15) is 0 Å². The molecule has 0 spiro atoms. The van der Waals surface area contributed by atoms with E-state index >= 15 is 0 Å². The summed E-state index contributed by atoms with van der Waals surface area (Å²) in [5.74, 6) is 2.68. The second kappa shape index (κ2) is 9.08. The summed E-state index contributed by atoms with van der Waals surface area (Å²) in [7, 11) is 0.